The van der Waals surface area contributed by atoms with Crippen molar-refractivity contribution in [2.75, 3.05) is 18.5 Å². The number of benzene rings is 1. The molecule has 20 heavy (non-hydrogen) atoms. The largest absolute Gasteiger partial charge is 0.466 e. The predicted octanol–water partition coefficient (Wildman–Crippen LogP) is 3.71. The van der Waals surface area contributed by atoms with Crippen molar-refractivity contribution in [3.8, 4) is 0 Å². The predicted molar refractivity (Wildman–Crippen MR) is 82.1 cm³/mol. The van der Waals surface area contributed by atoms with Gasteiger partial charge in [-0.25, -0.2) is 0 Å². The molecule has 1 aliphatic rings. The summed E-state index contributed by atoms with van der Waals surface area (Å²) < 4.78 is 4.91. The van der Waals surface area contributed by atoms with Crippen LogP contribution in [0.25, 0.3) is 0 Å². The molecule has 0 spiro atoms. The zero-order valence-electron chi connectivity index (χ0n) is 12.4. The Morgan fingerprint density at radius 1 is 1.20 bits per heavy atom. The number of aryl methyl sites for hydroxylation is 2. The zero-order chi connectivity index (χ0) is 14.2. The summed E-state index contributed by atoms with van der Waals surface area (Å²) in [7, 11) is 0. The minimum Gasteiger partial charge on any atom is -0.466 e. The first kappa shape index (κ1) is 14.9. The topological polar surface area (TPSA) is 38.3 Å². The van der Waals surface area contributed by atoms with Crippen molar-refractivity contribution >= 4 is 11.7 Å². The number of fused-ring (bicyclic) bond motifs is 1. The van der Waals surface area contributed by atoms with Crippen LogP contribution in [0.1, 0.15) is 50.2 Å². The summed E-state index contributed by atoms with van der Waals surface area (Å²) in [6, 6.07) is 6.73. The lowest BCUT2D eigenvalue weighted by Crippen LogP contribution is -2.05. The van der Waals surface area contributed by atoms with E-state index in [1.807, 2.05) is 6.92 Å². The van der Waals surface area contributed by atoms with Gasteiger partial charge in [-0.2, -0.15) is 0 Å². The van der Waals surface area contributed by atoms with Gasteiger partial charge in [-0.15, -0.1) is 0 Å². The van der Waals surface area contributed by atoms with Crippen molar-refractivity contribution in [3.05, 3.63) is 29.3 Å². The Kier molecular flexibility index (Phi) is 5.90. The molecule has 0 heterocycles. The summed E-state index contributed by atoms with van der Waals surface area (Å²) in [6.07, 6.45) is 7.39. The normalized spacial score (nSPS) is 13.1. The van der Waals surface area contributed by atoms with Crippen LogP contribution >= 0.6 is 0 Å². The molecule has 1 aromatic carbocycles. The van der Waals surface area contributed by atoms with Gasteiger partial charge in [0.25, 0.3) is 0 Å². The average Bonchev–Trinajstić information content (AvgIpc) is 2.90. The van der Waals surface area contributed by atoms with Gasteiger partial charge >= 0.3 is 5.97 Å². The Hall–Kier alpha value is -1.51. The van der Waals surface area contributed by atoms with E-state index in [0.717, 1.165) is 25.8 Å². The second-order valence-electron chi connectivity index (χ2n) is 5.38. The number of ether oxygens (including phenoxy) is 1. The molecule has 0 aliphatic heterocycles. The molecule has 3 nitrogen and oxygen atoms in total. The van der Waals surface area contributed by atoms with Gasteiger partial charge in [-0.3, -0.25) is 4.79 Å². The number of rotatable bonds is 8. The van der Waals surface area contributed by atoms with Crippen LogP contribution in [0.4, 0.5) is 5.69 Å². The maximum absolute atomic E-state index is 11.2. The van der Waals surface area contributed by atoms with Gasteiger partial charge in [-0.05, 0) is 62.3 Å². The number of unbranched alkanes of at least 4 members (excludes halogenated alkanes) is 2. The summed E-state index contributed by atoms with van der Waals surface area (Å²) in [6.45, 7) is 3.30. The van der Waals surface area contributed by atoms with Crippen LogP contribution in [-0.2, 0) is 22.4 Å². The molecule has 3 heteroatoms. The number of anilines is 1. The second-order valence-corrected chi connectivity index (χ2v) is 5.38. The fourth-order valence-corrected chi connectivity index (χ4v) is 2.72. The summed E-state index contributed by atoms with van der Waals surface area (Å²) >= 11 is 0. The van der Waals surface area contributed by atoms with Gasteiger partial charge in [0.1, 0.15) is 0 Å². The van der Waals surface area contributed by atoms with E-state index in [9.17, 15) is 4.79 Å². The Balaban J connectivity index is 1.58. The van der Waals surface area contributed by atoms with Gasteiger partial charge in [0.05, 0.1) is 6.61 Å². The number of hydrogen-bond acceptors (Lipinski definition) is 3. The van der Waals surface area contributed by atoms with Crippen molar-refractivity contribution in [2.45, 2.75) is 51.9 Å². The first-order chi connectivity index (χ1) is 9.79. The lowest BCUT2D eigenvalue weighted by molar-refractivity contribution is -0.143. The van der Waals surface area contributed by atoms with Crippen LogP contribution in [0, 0.1) is 0 Å². The molecule has 0 bridgehead atoms. The zero-order valence-corrected chi connectivity index (χ0v) is 12.4. The van der Waals surface area contributed by atoms with Gasteiger partial charge in [0.15, 0.2) is 0 Å². The second kappa shape index (κ2) is 7.93. The highest BCUT2D eigenvalue weighted by molar-refractivity contribution is 5.69. The third-order valence-electron chi connectivity index (χ3n) is 3.79. The molecule has 0 fully saturated rings. The van der Waals surface area contributed by atoms with Crippen molar-refractivity contribution in [1.29, 1.82) is 0 Å². The number of carbonyl (C=O) groups excluding carboxylic acids is 1. The highest BCUT2D eigenvalue weighted by Gasteiger charge is 2.10. The van der Waals surface area contributed by atoms with Crippen LogP contribution < -0.4 is 5.32 Å². The maximum atomic E-state index is 11.2. The first-order valence-corrected chi connectivity index (χ1v) is 7.81. The Morgan fingerprint density at radius 2 is 2.05 bits per heavy atom. The number of esters is 1. The Bertz CT molecular complexity index is 443. The molecule has 1 aromatic rings. The molecular weight excluding hydrogens is 250 g/mol. The number of nitrogens with one attached hydrogen (secondary N) is 1. The third-order valence-corrected chi connectivity index (χ3v) is 3.79. The fraction of sp³-hybridized carbons (Fsp3) is 0.588. The van der Waals surface area contributed by atoms with Crippen LogP contribution in [0.2, 0.25) is 0 Å². The van der Waals surface area contributed by atoms with Crippen molar-refractivity contribution in [2.24, 2.45) is 0 Å². The highest BCUT2D eigenvalue weighted by atomic mass is 16.5. The van der Waals surface area contributed by atoms with E-state index in [1.165, 1.54) is 36.1 Å². The lowest BCUT2D eigenvalue weighted by Gasteiger charge is -2.08. The molecule has 110 valence electrons. The molecule has 1 aliphatic carbocycles. The van der Waals surface area contributed by atoms with Crippen LogP contribution in [-0.4, -0.2) is 19.1 Å². The molecular formula is C17H25NO2. The van der Waals surface area contributed by atoms with E-state index in [4.69, 9.17) is 4.74 Å². The first-order valence-electron chi connectivity index (χ1n) is 7.81. The number of carbonyl (C=O) groups is 1. The van der Waals surface area contributed by atoms with E-state index < -0.39 is 0 Å². The fourth-order valence-electron chi connectivity index (χ4n) is 2.72. The molecule has 0 atom stereocenters. The molecule has 2 rings (SSSR count). The van der Waals surface area contributed by atoms with Crippen LogP contribution in [0.3, 0.4) is 0 Å². The van der Waals surface area contributed by atoms with Gasteiger partial charge in [0.2, 0.25) is 0 Å². The number of hydrogen-bond donors (Lipinski definition) is 1. The van der Waals surface area contributed by atoms with Crippen LogP contribution in [0.5, 0.6) is 0 Å². The maximum Gasteiger partial charge on any atom is 0.305 e. The summed E-state index contributed by atoms with van der Waals surface area (Å²) in [5.41, 5.74) is 4.26. The smallest absolute Gasteiger partial charge is 0.305 e. The molecule has 0 saturated heterocycles. The third kappa shape index (κ3) is 4.55. The van der Waals surface area contributed by atoms with Crippen molar-refractivity contribution in [3.63, 3.8) is 0 Å². The summed E-state index contributed by atoms with van der Waals surface area (Å²) in [4.78, 5) is 11.2. The molecule has 0 radical (unpaired) electrons. The minimum atomic E-state index is -0.0703. The highest BCUT2D eigenvalue weighted by Crippen LogP contribution is 2.24. The molecule has 0 amide bonds. The van der Waals surface area contributed by atoms with Crippen molar-refractivity contribution in [1.82, 2.24) is 0 Å². The van der Waals surface area contributed by atoms with E-state index in [1.54, 1.807) is 0 Å². The Morgan fingerprint density at radius 3 is 2.90 bits per heavy atom. The Labute approximate surface area is 121 Å². The van der Waals surface area contributed by atoms with E-state index in [2.05, 4.69) is 23.5 Å². The van der Waals surface area contributed by atoms with E-state index >= 15 is 0 Å². The van der Waals surface area contributed by atoms with Gasteiger partial charge in [-0.1, -0.05) is 12.5 Å². The van der Waals surface area contributed by atoms with Crippen molar-refractivity contribution < 1.29 is 9.53 Å². The lowest BCUT2D eigenvalue weighted by atomic mass is 10.1. The average molecular weight is 275 g/mol. The summed E-state index contributed by atoms with van der Waals surface area (Å²) in [5.74, 6) is -0.0703. The molecule has 0 aromatic heterocycles. The SMILES string of the molecule is CCOC(=O)CCCCCNc1ccc2c(c1)CCC2. The van der Waals surface area contributed by atoms with Gasteiger partial charge < -0.3 is 10.1 Å². The van der Waals surface area contributed by atoms with E-state index in [0.29, 0.717) is 13.0 Å². The monoisotopic (exact) mass is 275 g/mol. The molecule has 0 saturated carbocycles. The molecule has 1 N–H and O–H groups in total. The molecule has 0 unspecified atom stereocenters. The van der Waals surface area contributed by atoms with E-state index in [-0.39, 0.29) is 5.97 Å². The van der Waals surface area contributed by atoms with Crippen LogP contribution in [0.15, 0.2) is 18.2 Å². The standard InChI is InChI=1S/C17H25NO2/c1-2-20-17(19)9-4-3-5-12-18-16-11-10-14-7-6-8-15(14)13-16/h10-11,13,18H,2-9,12H2,1H3. The quantitative estimate of drug-likeness (QED) is 0.580. The summed E-state index contributed by atoms with van der Waals surface area (Å²) in [5, 5.41) is 3.47. The minimum absolute atomic E-state index is 0.0703. The van der Waals surface area contributed by atoms with Gasteiger partial charge in [0, 0.05) is 18.7 Å².